The lowest BCUT2D eigenvalue weighted by Crippen LogP contribution is -2.67. The van der Waals surface area contributed by atoms with E-state index in [1.807, 2.05) is 36.4 Å². The lowest BCUT2D eigenvalue weighted by Gasteiger charge is -2.43. The Bertz CT molecular complexity index is 692. The number of rotatable bonds is 5. The molecule has 3 N–H and O–H groups in total. The Morgan fingerprint density at radius 2 is 1.33 bits per heavy atom. The predicted molar refractivity (Wildman–Crippen MR) is 106 cm³/mol. The fourth-order valence-corrected chi connectivity index (χ4v) is 8.41. The van der Waals surface area contributed by atoms with Crippen LogP contribution in [-0.4, -0.2) is 54.8 Å². The van der Waals surface area contributed by atoms with Crippen LogP contribution in [0.1, 0.15) is 20.8 Å². The number of benzene rings is 2. The standard InChI is InChI=1S/C21H28O5Si/c1-21(2,3)27(15-10-6-4-7-11-15,16-12-8-5-9-13-16)25-14-17-18(22)19(23)20(24)26-17/h4-13,17-20,22-24H,14H2,1-3H3/t17-,18-,19-,20-/m1/s1. The summed E-state index contributed by atoms with van der Waals surface area (Å²) < 4.78 is 12.0. The highest BCUT2D eigenvalue weighted by molar-refractivity contribution is 6.99. The van der Waals surface area contributed by atoms with Gasteiger partial charge in [-0.25, -0.2) is 0 Å². The molecule has 4 atom stereocenters. The van der Waals surface area contributed by atoms with Gasteiger partial charge in [-0.05, 0) is 15.4 Å². The summed E-state index contributed by atoms with van der Waals surface area (Å²) in [6, 6.07) is 20.3. The Balaban J connectivity index is 2.02. The summed E-state index contributed by atoms with van der Waals surface area (Å²) in [5.41, 5.74) is 0. The van der Waals surface area contributed by atoms with Crippen LogP contribution in [0.3, 0.4) is 0 Å². The zero-order chi connectivity index (χ0) is 19.7. The molecule has 1 fully saturated rings. The molecule has 0 radical (unpaired) electrons. The summed E-state index contributed by atoms with van der Waals surface area (Å²) >= 11 is 0. The Morgan fingerprint density at radius 1 is 0.852 bits per heavy atom. The highest BCUT2D eigenvalue weighted by Crippen LogP contribution is 2.37. The van der Waals surface area contributed by atoms with E-state index in [9.17, 15) is 15.3 Å². The average Bonchev–Trinajstić information content (AvgIpc) is 2.90. The molecule has 146 valence electrons. The van der Waals surface area contributed by atoms with Crippen LogP contribution >= 0.6 is 0 Å². The van der Waals surface area contributed by atoms with Crippen LogP contribution in [0.15, 0.2) is 60.7 Å². The molecule has 1 heterocycles. The van der Waals surface area contributed by atoms with Crippen LogP contribution in [0.5, 0.6) is 0 Å². The van der Waals surface area contributed by atoms with Crippen molar-refractivity contribution in [2.75, 3.05) is 6.61 Å². The minimum Gasteiger partial charge on any atom is -0.405 e. The van der Waals surface area contributed by atoms with Crippen LogP contribution in [0, 0.1) is 0 Å². The Hall–Kier alpha value is -1.54. The van der Waals surface area contributed by atoms with Gasteiger partial charge in [-0.3, -0.25) is 0 Å². The van der Waals surface area contributed by atoms with Crippen molar-refractivity contribution < 1.29 is 24.5 Å². The minimum atomic E-state index is -2.74. The normalized spacial score (nSPS) is 26.3. The van der Waals surface area contributed by atoms with Gasteiger partial charge < -0.3 is 24.5 Å². The van der Waals surface area contributed by atoms with Gasteiger partial charge in [-0.1, -0.05) is 81.4 Å². The maximum atomic E-state index is 10.2. The second-order valence-electron chi connectivity index (χ2n) is 8.02. The number of aliphatic hydroxyl groups is 3. The summed E-state index contributed by atoms with van der Waals surface area (Å²) in [5.74, 6) is 0. The zero-order valence-electron chi connectivity index (χ0n) is 15.9. The highest BCUT2D eigenvalue weighted by Gasteiger charge is 2.51. The van der Waals surface area contributed by atoms with E-state index in [1.54, 1.807) is 0 Å². The smallest absolute Gasteiger partial charge is 0.261 e. The summed E-state index contributed by atoms with van der Waals surface area (Å²) in [4.78, 5) is 0. The first-order valence-electron chi connectivity index (χ1n) is 9.22. The third-order valence-electron chi connectivity index (χ3n) is 5.22. The summed E-state index contributed by atoms with van der Waals surface area (Å²) in [5, 5.41) is 31.7. The maximum absolute atomic E-state index is 10.2. The Labute approximate surface area is 161 Å². The molecular formula is C21H28O5Si. The Kier molecular flexibility index (Phi) is 5.86. The van der Waals surface area contributed by atoms with Gasteiger partial charge in [-0.15, -0.1) is 0 Å². The van der Waals surface area contributed by atoms with Gasteiger partial charge in [0.25, 0.3) is 8.32 Å². The summed E-state index contributed by atoms with van der Waals surface area (Å²) in [7, 11) is -2.74. The van der Waals surface area contributed by atoms with Gasteiger partial charge in [0.2, 0.25) is 0 Å². The van der Waals surface area contributed by atoms with Crippen molar-refractivity contribution in [3.05, 3.63) is 60.7 Å². The van der Waals surface area contributed by atoms with E-state index in [1.165, 1.54) is 0 Å². The van der Waals surface area contributed by atoms with Crippen LogP contribution in [0.2, 0.25) is 5.04 Å². The van der Waals surface area contributed by atoms with Crippen LogP contribution in [-0.2, 0) is 9.16 Å². The molecule has 3 rings (SSSR count). The van der Waals surface area contributed by atoms with E-state index in [2.05, 4.69) is 45.0 Å². The molecule has 0 aliphatic carbocycles. The van der Waals surface area contributed by atoms with Gasteiger partial charge in [0.05, 0.1) is 6.61 Å². The first kappa shape index (κ1) is 20.2. The largest absolute Gasteiger partial charge is 0.405 e. The molecule has 0 amide bonds. The van der Waals surface area contributed by atoms with Gasteiger partial charge in [0, 0.05) is 0 Å². The molecule has 0 aromatic heterocycles. The summed E-state index contributed by atoms with van der Waals surface area (Å²) in [6.45, 7) is 6.57. The van der Waals surface area contributed by atoms with Crippen molar-refractivity contribution in [3.63, 3.8) is 0 Å². The van der Waals surface area contributed by atoms with Gasteiger partial charge >= 0.3 is 0 Å². The molecule has 1 aliphatic heterocycles. The van der Waals surface area contributed by atoms with E-state index in [-0.39, 0.29) is 11.6 Å². The quantitative estimate of drug-likeness (QED) is 0.666. The molecule has 5 nitrogen and oxygen atoms in total. The molecule has 6 heteroatoms. The minimum absolute atomic E-state index is 0.0859. The highest BCUT2D eigenvalue weighted by atomic mass is 28.4. The van der Waals surface area contributed by atoms with E-state index < -0.39 is 32.9 Å². The average molecular weight is 389 g/mol. The fraction of sp³-hybridized carbons (Fsp3) is 0.429. The van der Waals surface area contributed by atoms with Crippen molar-refractivity contribution >= 4 is 18.7 Å². The van der Waals surface area contributed by atoms with Crippen molar-refractivity contribution in [2.45, 2.75) is 50.4 Å². The number of hydrogen-bond donors (Lipinski definition) is 3. The molecular weight excluding hydrogens is 360 g/mol. The molecule has 2 aromatic rings. The zero-order valence-corrected chi connectivity index (χ0v) is 16.9. The third kappa shape index (κ3) is 3.74. The topological polar surface area (TPSA) is 79.2 Å². The van der Waals surface area contributed by atoms with Crippen LogP contribution < -0.4 is 10.4 Å². The van der Waals surface area contributed by atoms with E-state index in [4.69, 9.17) is 9.16 Å². The SMILES string of the molecule is CC(C)(C)[Si](OC[C@H]1O[C@@H](O)[C@H](O)[C@@H]1O)(c1ccccc1)c1ccccc1. The lowest BCUT2D eigenvalue weighted by molar-refractivity contribution is -0.132. The number of hydrogen-bond acceptors (Lipinski definition) is 5. The summed E-state index contributed by atoms with van der Waals surface area (Å²) in [6.07, 6.45) is -4.68. The van der Waals surface area contributed by atoms with Crippen molar-refractivity contribution in [1.82, 2.24) is 0 Å². The fourth-order valence-electron chi connectivity index (χ4n) is 3.84. The van der Waals surface area contributed by atoms with E-state index >= 15 is 0 Å². The molecule has 1 saturated heterocycles. The molecule has 0 saturated carbocycles. The monoisotopic (exact) mass is 388 g/mol. The maximum Gasteiger partial charge on any atom is 0.261 e. The van der Waals surface area contributed by atoms with Crippen molar-refractivity contribution in [1.29, 1.82) is 0 Å². The van der Waals surface area contributed by atoms with Gasteiger partial charge in [0.1, 0.15) is 18.3 Å². The molecule has 0 unspecified atom stereocenters. The first-order valence-corrected chi connectivity index (χ1v) is 11.1. The third-order valence-corrected chi connectivity index (χ3v) is 10.2. The molecule has 1 aliphatic rings. The molecule has 0 spiro atoms. The second-order valence-corrected chi connectivity index (χ2v) is 12.3. The Morgan fingerprint density at radius 3 is 1.70 bits per heavy atom. The first-order chi connectivity index (χ1) is 12.8. The van der Waals surface area contributed by atoms with Crippen LogP contribution in [0.4, 0.5) is 0 Å². The predicted octanol–water partition coefficient (Wildman–Crippen LogP) is 1.00. The van der Waals surface area contributed by atoms with E-state index in [0.717, 1.165) is 10.4 Å². The molecule has 0 bridgehead atoms. The lowest BCUT2D eigenvalue weighted by atomic mass is 10.1. The number of aliphatic hydroxyl groups excluding tert-OH is 3. The van der Waals surface area contributed by atoms with Crippen molar-refractivity contribution in [3.8, 4) is 0 Å². The number of ether oxygens (including phenoxy) is 1. The molecule has 2 aromatic carbocycles. The van der Waals surface area contributed by atoms with Gasteiger partial charge in [-0.2, -0.15) is 0 Å². The second kappa shape index (κ2) is 7.83. The van der Waals surface area contributed by atoms with E-state index in [0.29, 0.717) is 0 Å². The van der Waals surface area contributed by atoms with Crippen LogP contribution in [0.25, 0.3) is 0 Å². The van der Waals surface area contributed by atoms with Crippen molar-refractivity contribution in [2.24, 2.45) is 0 Å². The molecule has 27 heavy (non-hydrogen) atoms. The van der Waals surface area contributed by atoms with Gasteiger partial charge in [0.15, 0.2) is 6.29 Å².